The van der Waals surface area contributed by atoms with Gasteiger partial charge in [-0.25, -0.2) is 9.97 Å². The molecular formula is C15H24N4OS. The molecule has 2 rings (SSSR count). The van der Waals surface area contributed by atoms with E-state index in [1.54, 1.807) is 18.4 Å². The largest absolute Gasteiger partial charge is 0.383 e. The van der Waals surface area contributed by atoms with E-state index in [4.69, 9.17) is 9.72 Å². The number of imidazole rings is 1. The van der Waals surface area contributed by atoms with Crippen LogP contribution in [-0.2, 0) is 23.2 Å². The van der Waals surface area contributed by atoms with E-state index < -0.39 is 0 Å². The van der Waals surface area contributed by atoms with Crippen LogP contribution >= 0.6 is 11.3 Å². The highest BCUT2D eigenvalue weighted by Gasteiger charge is 2.17. The topological polar surface area (TPSA) is 52.0 Å². The summed E-state index contributed by atoms with van der Waals surface area (Å²) in [7, 11) is 1.70. The number of aromatic nitrogens is 3. The Balaban J connectivity index is 1.89. The van der Waals surface area contributed by atoms with Gasteiger partial charge in [-0.05, 0) is 0 Å². The van der Waals surface area contributed by atoms with E-state index in [-0.39, 0.29) is 5.41 Å². The molecule has 2 aromatic heterocycles. The summed E-state index contributed by atoms with van der Waals surface area (Å²) >= 11 is 1.71. The first-order valence-electron chi connectivity index (χ1n) is 7.14. The molecule has 0 aromatic carbocycles. The van der Waals surface area contributed by atoms with Crippen molar-refractivity contribution in [1.82, 2.24) is 19.9 Å². The number of rotatable bonds is 7. The van der Waals surface area contributed by atoms with Crippen LogP contribution in [-0.4, -0.2) is 34.8 Å². The minimum atomic E-state index is 0.111. The van der Waals surface area contributed by atoms with E-state index in [0.29, 0.717) is 0 Å². The molecule has 0 aliphatic heterocycles. The molecule has 0 aliphatic rings. The van der Waals surface area contributed by atoms with E-state index in [1.165, 1.54) is 0 Å². The first-order valence-corrected chi connectivity index (χ1v) is 8.02. The van der Waals surface area contributed by atoms with E-state index in [0.717, 1.165) is 42.6 Å². The highest BCUT2D eigenvalue weighted by molar-refractivity contribution is 7.09. The van der Waals surface area contributed by atoms with Crippen LogP contribution in [0.15, 0.2) is 17.9 Å². The summed E-state index contributed by atoms with van der Waals surface area (Å²) in [6.07, 6.45) is 3.93. The summed E-state index contributed by atoms with van der Waals surface area (Å²) in [5, 5.41) is 6.56. The molecule has 0 bridgehead atoms. The number of hydrogen-bond donors (Lipinski definition) is 1. The maximum absolute atomic E-state index is 5.00. The Labute approximate surface area is 130 Å². The number of nitrogens with zero attached hydrogens (tertiary/aromatic N) is 3. The van der Waals surface area contributed by atoms with E-state index in [1.807, 2.05) is 6.33 Å². The molecule has 0 aliphatic carbocycles. The van der Waals surface area contributed by atoms with Crippen molar-refractivity contribution in [3.63, 3.8) is 0 Å². The van der Waals surface area contributed by atoms with Gasteiger partial charge in [0.05, 0.1) is 30.9 Å². The van der Waals surface area contributed by atoms with Gasteiger partial charge in [-0.15, -0.1) is 11.3 Å². The lowest BCUT2D eigenvalue weighted by Gasteiger charge is -2.14. The maximum Gasteiger partial charge on any atom is 0.113 e. The van der Waals surface area contributed by atoms with Crippen LogP contribution in [0.5, 0.6) is 0 Å². The Morgan fingerprint density at radius 2 is 2.19 bits per heavy atom. The molecular weight excluding hydrogens is 284 g/mol. The molecule has 0 saturated heterocycles. The molecule has 6 heteroatoms. The fraction of sp³-hybridized carbons (Fsp3) is 0.600. The first kappa shape index (κ1) is 16.1. The second-order valence-electron chi connectivity index (χ2n) is 6.08. The monoisotopic (exact) mass is 308 g/mol. The van der Waals surface area contributed by atoms with Crippen molar-refractivity contribution in [2.24, 2.45) is 0 Å². The van der Waals surface area contributed by atoms with Crippen molar-refractivity contribution in [2.75, 3.05) is 20.3 Å². The van der Waals surface area contributed by atoms with Gasteiger partial charge in [0.15, 0.2) is 0 Å². The highest BCUT2D eigenvalue weighted by atomic mass is 32.1. The molecule has 0 spiro atoms. The van der Waals surface area contributed by atoms with Crippen LogP contribution in [0, 0.1) is 0 Å². The van der Waals surface area contributed by atoms with Gasteiger partial charge < -0.3 is 14.6 Å². The number of hydrogen-bond acceptors (Lipinski definition) is 5. The lowest BCUT2D eigenvalue weighted by atomic mass is 9.93. The quantitative estimate of drug-likeness (QED) is 0.798. The van der Waals surface area contributed by atoms with Crippen molar-refractivity contribution in [2.45, 2.75) is 39.3 Å². The molecule has 0 saturated carbocycles. The van der Waals surface area contributed by atoms with Crippen LogP contribution in [0.3, 0.4) is 0 Å². The standard InChI is InChI=1S/C15H24N4OS/c1-15(2,3)13-10-21-14(18-13)9-19-8-12(17-11-19)7-16-5-6-20-4/h8,10-11,16H,5-7,9H2,1-4H3. The molecule has 116 valence electrons. The SMILES string of the molecule is COCCNCc1cn(Cc2nc(C(C)(C)C)cs2)cn1. The summed E-state index contributed by atoms with van der Waals surface area (Å²) in [5.74, 6) is 0. The van der Waals surface area contributed by atoms with E-state index in [2.05, 4.69) is 47.2 Å². The first-order chi connectivity index (χ1) is 9.99. The van der Waals surface area contributed by atoms with Crippen molar-refractivity contribution in [3.8, 4) is 0 Å². The molecule has 2 heterocycles. The third-order valence-corrected chi connectivity index (χ3v) is 3.95. The van der Waals surface area contributed by atoms with E-state index in [9.17, 15) is 0 Å². The third-order valence-electron chi connectivity index (χ3n) is 3.11. The molecule has 5 nitrogen and oxygen atoms in total. The molecule has 0 fully saturated rings. The van der Waals surface area contributed by atoms with Gasteiger partial charge in [-0.3, -0.25) is 0 Å². The molecule has 0 unspecified atom stereocenters. The lowest BCUT2D eigenvalue weighted by Crippen LogP contribution is -2.18. The predicted octanol–water partition coefficient (Wildman–Crippen LogP) is 2.42. The van der Waals surface area contributed by atoms with Crippen LogP contribution in [0.2, 0.25) is 0 Å². The van der Waals surface area contributed by atoms with Crippen LogP contribution < -0.4 is 5.32 Å². The molecule has 0 amide bonds. The second kappa shape index (κ2) is 7.15. The molecule has 2 aromatic rings. The summed E-state index contributed by atoms with van der Waals surface area (Å²) in [6, 6.07) is 0. The molecule has 21 heavy (non-hydrogen) atoms. The fourth-order valence-corrected chi connectivity index (χ4v) is 2.89. The van der Waals surface area contributed by atoms with Crippen molar-refractivity contribution < 1.29 is 4.74 Å². The number of methoxy groups -OCH3 is 1. The van der Waals surface area contributed by atoms with Gasteiger partial charge in [0.1, 0.15) is 5.01 Å². The van der Waals surface area contributed by atoms with Gasteiger partial charge in [0.2, 0.25) is 0 Å². The zero-order valence-corrected chi connectivity index (χ0v) is 14.0. The zero-order valence-electron chi connectivity index (χ0n) is 13.2. The average Bonchev–Trinajstić information content (AvgIpc) is 3.04. The van der Waals surface area contributed by atoms with Crippen molar-refractivity contribution in [1.29, 1.82) is 0 Å². The second-order valence-corrected chi connectivity index (χ2v) is 7.03. The van der Waals surface area contributed by atoms with Crippen molar-refractivity contribution >= 4 is 11.3 Å². The maximum atomic E-state index is 5.00. The fourth-order valence-electron chi connectivity index (χ4n) is 1.86. The Hall–Kier alpha value is -1.24. The Morgan fingerprint density at radius 3 is 2.86 bits per heavy atom. The number of thiazole rings is 1. The predicted molar refractivity (Wildman–Crippen MR) is 85.7 cm³/mol. The van der Waals surface area contributed by atoms with Gasteiger partial charge in [-0.1, -0.05) is 20.8 Å². The summed E-state index contributed by atoms with van der Waals surface area (Å²) in [5.41, 5.74) is 2.31. The van der Waals surface area contributed by atoms with Gasteiger partial charge in [0, 0.05) is 37.2 Å². The highest BCUT2D eigenvalue weighted by Crippen LogP contribution is 2.24. The molecule has 1 N–H and O–H groups in total. The van der Waals surface area contributed by atoms with Crippen LogP contribution in [0.25, 0.3) is 0 Å². The summed E-state index contributed by atoms with van der Waals surface area (Å²) < 4.78 is 7.08. The Morgan fingerprint density at radius 1 is 1.38 bits per heavy atom. The zero-order chi connectivity index (χ0) is 15.3. The molecule has 0 radical (unpaired) electrons. The normalized spacial score (nSPS) is 12.0. The number of nitrogens with one attached hydrogen (secondary N) is 1. The minimum absolute atomic E-state index is 0.111. The summed E-state index contributed by atoms with van der Waals surface area (Å²) in [6.45, 7) is 9.67. The Bertz CT molecular complexity index is 556. The Kier molecular flexibility index (Phi) is 5.50. The van der Waals surface area contributed by atoms with Gasteiger partial charge >= 0.3 is 0 Å². The smallest absolute Gasteiger partial charge is 0.113 e. The molecule has 0 atom stereocenters. The van der Waals surface area contributed by atoms with Crippen LogP contribution in [0.4, 0.5) is 0 Å². The van der Waals surface area contributed by atoms with Gasteiger partial charge in [0.25, 0.3) is 0 Å². The van der Waals surface area contributed by atoms with E-state index >= 15 is 0 Å². The summed E-state index contributed by atoms with van der Waals surface area (Å²) in [4.78, 5) is 9.11. The number of ether oxygens (including phenoxy) is 1. The lowest BCUT2D eigenvalue weighted by molar-refractivity contribution is 0.199. The third kappa shape index (κ3) is 4.91. The minimum Gasteiger partial charge on any atom is -0.383 e. The van der Waals surface area contributed by atoms with Crippen LogP contribution in [0.1, 0.15) is 37.2 Å². The van der Waals surface area contributed by atoms with Crippen molar-refractivity contribution in [3.05, 3.63) is 34.3 Å². The average molecular weight is 308 g/mol. The van der Waals surface area contributed by atoms with Gasteiger partial charge in [-0.2, -0.15) is 0 Å².